The molecule has 1 fully saturated rings. The SMILES string of the molecule is C=C(C)C(=O)OCC(O)OC1CCCC1. The highest BCUT2D eigenvalue weighted by Gasteiger charge is 2.19. The van der Waals surface area contributed by atoms with Crippen LogP contribution in [0, 0.1) is 0 Å². The van der Waals surface area contributed by atoms with Crippen molar-refractivity contribution in [2.45, 2.75) is 45.0 Å². The molecule has 0 amide bonds. The lowest BCUT2D eigenvalue weighted by Crippen LogP contribution is -2.26. The molecular formula is C11H18O4. The second-order valence-electron chi connectivity index (χ2n) is 3.88. The van der Waals surface area contributed by atoms with Crippen molar-refractivity contribution in [1.82, 2.24) is 0 Å². The Hall–Kier alpha value is -0.870. The highest BCUT2D eigenvalue weighted by molar-refractivity contribution is 5.86. The largest absolute Gasteiger partial charge is 0.457 e. The molecule has 0 saturated heterocycles. The molecule has 0 spiro atoms. The Morgan fingerprint density at radius 3 is 2.67 bits per heavy atom. The van der Waals surface area contributed by atoms with Crippen molar-refractivity contribution in [2.24, 2.45) is 0 Å². The maximum Gasteiger partial charge on any atom is 0.333 e. The Balaban J connectivity index is 2.15. The summed E-state index contributed by atoms with van der Waals surface area (Å²) in [5, 5.41) is 9.41. The number of hydrogen-bond acceptors (Lipinski definition) is 4. The van der Waals surface area contributed by atoms with E-state index < -0.39 is 12.3 Å². The minimum Gasteiger partial charge on any atom is -0.457 e. The number of hydrogen-bond donors (Lipinski definition) is 1. The third-order valence-electron chi connectivity index (χ3n) is 2.36. The summed E-state index contributed by atoms with van der Waals surface area (Å²) in [5.41, 5.74) is 0.322. The summed E-state index contributed by atoms with van der Waals surface area (Å²) in [7, 11) is 0. The number of carbonyl (C=O) groups excluding carboxylic acids is 1. The molecule has 0 heterocycles. The lowest BCUT2D eigenvalue weighted by Gasteiger charge is -2.16. The van der Waals surface area contributed by atoms with Crippen LogP contribution >= 0.6 is 0 Å². The second-order valence-corrected chi connectivity index (χ2v) is 3.88. The van der Waals surface area contributed by atoms with Crippen LogP contribution in [-0.4, -0.2) is 30.1 Å². The van der Waals surface area contributed by atoms with Crippen LogP contribution in [0.15, 0.2) is 12.2 Å². The maximum absolute atomic E-state index is 11.0. The second kappa shape index (κ2) is 5.88. The first-order chi connectivity index (χ1) is 7.09. The predicted molar refractivity (Wildman–Crippen MR) is 55.1 cm³/mol. The van der Waals surface area contributed by atoms with Crippen LogP contribution in [0.25, 0.3) is 0 Å². The molecule has 0 aromatic carbocycles. The number of aliphatic hydroxyl groups excluding tert-OH is 1. The quantitative estimate of drug-likeness (QED) is 0.427. The van der Waals surface area contributed by atoms with Crippen LogP contribution in [0.4, 0.5) is 0 Å². The van der Waals surface area contributed by atoms with Gasteiger partial charge in [0.15, 0.2) is 6.29 Å². The van der Waals surface area contributed by atoms with Crippen molar-refractivity contribution in [3.63, 3.8) is 0 Å². The lowest BCUT2D eigenvalue weighted by molar-refractivity contribution is -0.174. The average molecular weight is 214 g/mol. The zero-order valence-electron chi connectivity index (χ0n) is 9.07. The fraction of sp³-hybridized carbons (Fsp3) is 0.727. The van der Waals surface area contributed by atoms with E-state index in [-0.39, 0.29) is 12.7 Å². The Kier molecular flexibility index (Phi) is 4.78. The van der Waals surface area contributed by atoms with Crippen LogP contribution in [-0.2, 0) is 14.3 Å². The Morgan fingerprint density at radius 1 is 1.53 bits per heavy atom. The third-order valence-corrected chi connectivity index (χ3v) is 2.36. The fourth-order valence-corrected chi connectivity index (χ4v) is 1.56. The first-order valence-corrected chi connectivity index (χ1v) is 5.25. The molecule has 0 radical (unpaired) electrons. The van der Waals surface area contributed by atoms with E-state index in [1.807, 2.05) is 0 Å². The standard InChI is InChI=1S/C11H18O4/c1-8(2)11(13)14-7-10(12)15-9-5-3-4-6-9/h9-10,12H,1,3-7H2,2H3. The van der Waals surface area contributed by atoms with Gasteiger partial charge in [-0.25, -0.2) is 4.79 Å². The van der Waals surface area contributed by atoms with E-state index in [2.05, 4.69) is 6.58 Å². The van der Waals surface area contributed by atoms with E-state index in [0.717, 1.165) is 25.7 Å². The summed E-state index contributed by atoms with van der Waals surface area (Å²) >= 11 is 0. The highest BCUT2D eigenvalue weighted by Crippen LogP contribution is 2.21. The number of rotatable bonds is 5. The molecule has 1 aliphatic rings. The summed E-state index contributed by atoms with van der Waals surface area (Å²) in [6.45, 7) is 4.88. The Labute approximate surface area is 89.9 Å². The molecule has 0 bridgehead atoms. The van der Waals surface area contributed by atoms with E-state index in [1.165, 1.54) is 0 Å². The summed E-state index contributed by atoms with van der Waals surface area (Å²) < 4.78 is 10.1. The van der Waals surface area contributed by atoms with Gasteiger partial charge in [0.1, 0.15) is 6.61 Å². The smallest absolute Gasteiger partial charge is 0.333 e. The Morgan fingerprint density at radius 2 is 2.13 bits per heavy atom. The van der Waals surface area contributed by atoms with Crippen molar-refractivity contribution in [3.8, 4) is 0 Å². The summed E-state index contributed by atoms with van der Waals surface area (Å²) in [5.74, 6) is -0.496. The molecule has 1 saturated carbocycles. The van der Waals surface area contributed by atoms with E-state index >= 15 is 0 Å². The maximum atomic E-state index is 11.0. The molecule has 0 aromatic rings. The van der Waals surface area contributed by atoms with Crippen molar-refractivity contribution < 1.29 is 19.4 Å². The van der Waals surface area contributed by atoms with Gasteiger partial charge in [-0.2, -0.15) is 0 Å². The van der Waals surface area contributed by atoms with Gasteiger partial charge in [-0.05, 0) is 19.8 Å². The number of aliphatic hydroxyl groups is 1. The van der Waals surface area contributed by atoms with Gasteiger partial charge in [0, 0.05) is 5.57 Å². The van der Waals surface area contributed by atoms with E-state index in [4.69, 9.17) is 9.47 Å². The zero-order valence-corrected chi connectivity index (χ0v) is 9.07. The van der Waals surface area contributed by atoms with Gasteiger partial charge in [-0.3, -0.25) is 0 Å². The van der Waals surface area contributed by atoms with Crippen molar-refractivity contribution >= 4 is 5.97 Å². The molecule has 1 atom stereocenters. The van der Waals surface area contributed by atoms with Crippen LogP contribution in [0.5, 0.6) is 0 Å². The molecule has 4 nitrogen and oxygen atoms in total. The average Bonchev–Trinajstić information content (AvgIpc) is 2.66. The highest BCUT2D eigenvalue weighted by atomic mass is 16.6. The topological polar surface area (TPSA) is 55.8 Å². The first kappa shape index (κ1) is 12.2. The minimum atomic E-state index is -1.02. The lowest BCUT2D eigenvalue weighted by atomic mass is 10.3. The monoisotopic (exact) mass is 214 g/mol. The molecule has 1 unspecified atom stereocenters. The third kappa shape index (κ3) is 4.44. The van der Waals surface area contributed by atoms with Gasteiger partial charge in [-0.1, -0.05) is 19.4 Å². The zero-order chi connectivity index (χ0) is 11.3. The van der Waals surface area contributed by atoms with Crippen LogP contribution < -0.4 is 0 Å². The van der Waals surface area contributed by atoms with E-state index in [9.17, 15) is 9.90 Å². The summed E-state index contributed by atoms with van der Waals surface area (Å²) in [4.78, 5) is 11.0. The molecule has 15 heavy (non-hydrogen) atoms. The van der Waals surface area contributed by atoms with Gasteiger partial charge in [0.05, 0.1) is 6.10 Å². The molecular weight excluding hydrogens is 196 g/mol. The molecule has 1 N–H and O–H groups in total. The normalized spacial score (nSPS) is 18.8. The van der Waals surface area contributed by atoms with Crippen molar-refractivity contribution in [2.75, 3.05) is 6.61 Å². The van der Waals surface area contributed by atoms with E-state index in [0.29, 0.717) is 5.57 Å². The predicted octanol–water partition coefficient (Wildman–Crippen LogP) is 1.38. The van der Waals surface area contributed by atoms with Gasteiger partial charge in [-0.15, -0.1) is 0 Å². The van der Waals surface area contributed by atoms with E-state index in [1.54, 1.807) is 6.92 Å². The van der Waals surface area contributed by atoms with Gasteiger partial charge >= 0.3 is 5.97 Å². The Bertz CT molecular complexity index is 231. The molecule has 0 aliphatic heterocycles. The van der Waals surface area contributed by atoms with Crippen molar-refractivity contribution in [3.05, 3.63) is 12.2 Å². The van der Waals surface area contributed by atoms with Crippen LogP contribution in [0.3, 0.4) is 0 Å². The molecule has 1 rings (SSSR count). The van der Waals surface area contributed by atoms with Gasteiger partial charge in [0.2, 0.25) is 0 Å². The van der Waals surface area contributed by atoms with Crippen LogP contribution in [0.1, 0.15) is 32.6 Å². The summed E-state index contributed by atoms with van der Waals surface area (Å²) in [6, 6.07) is 0. The number of ether oxygens (including phenoxy) is 2. The fourth-order valence-electron chi connectivity index (χ4n) is 1.56. The number of carbonyl (C=O) groups is 1. The van der Waals surface area contributed by atoms with Crippen molar-refractivity contribution in [1.29, 1.82) is 0 Å². The first-order valence-electron chi connectivity index (χ1n) is 5.25. The number of esters is 1. The van der Waals surface area contributed by atoms with Gasteiger partial charge < -0.3 is 14.6 Å². The summed E-state index contributed by atoms with van der Waals surface area (Å²) in [6.07, 6.45) is 3.34. The minimum absolute atomic E-state index is 0.114. The molecule has 86 valence electrons. The molecule has 0 aromatic heterocycles. The van der Waals surface area contributed by atoms with Gasteiger partial charge in [0.25, 0.3) is 0 Å². The molecule has 4 heteroatoms. The molecule has 1 aliphatic carbocycles. The van der Waals surface area contributed by atoms with Crippen LogP contribution in [0.2, 0.25) is 0 Å².